The minimum absolute atomic E-state index is 0. The minimum atomic E-state index is -3.43. The summed E-state index contributed by atoms with van der Waals surface area (Å²) in [5, 5.41) is 3.65. The van der Waals surface area contributed by atoms with Crippen LogP contribution in [0, 0.1) is 0 Å². The SMILES string of the molecule is ClP(Cl)(c1ccccc1)(c1ccccc1)c1ccccc1.[Pd].c1ccc(P(c2ccccc2)c2ccccc2)cc1. The van der Waals surface area contributed by atoms with Crippen molar-refractivity contribution in [3.05, 3.63) is 182 Å². The molecule has 0 aromatic heterocycles. The first kappa shape index (κ1) is 31.4. The predicted octanol–water partition coefficient (Wildman–Crippen LogP) is 8.27. The van der Waals surface area contributed by atoms with Crippen molar-refractivity contribution in [3.8, 4) is 0 Å². The molecule has 0 saturated carbocycles. The zero-order chi connectivity index (χ0) is 27.7. The van der Waals surface area contributed by atoms with Gasteiger partial charge in [0.15, 0.2) is 0 Å². The van der Waals surface area contributed by atoms with Crippen molar-refractivity contribution in [2.45, 2.75) is 0 Å². The van der Waals surface area contributed by atoms with Crippen LogP contribution in [0.2, 0.25) is 0 Å². The van der Waals surface area contributed by atoms with Crippen molar-refractivity contribution >= 4 is 67.5 Å². The maximum absolute atomic E-state index is 7.27. The zero-order valence-electron chi connectivity index (χ0n) is 22.3. The van der Waals surface area contributed by atoms with Crippen LogP contribution in [-0.2, 0) is 20.4 Å². The molecule has 0 saturated heterocycles. The Kier molecular flexibility index (Phi) is 11.1. The van der Waals surface area contributed by atoms with Crippen LogP contribution in [0.3, 0.4) is 0 Å². The van der Waals surface area contributed by atoms with Gasteiger partial charge in [0.05, 0.1) is 0 Å². The van der Waals surface area contributed by atoms with E-state index in [0.717, 1.165) is 15.9 Å². The Bertz CT molecular complexity index is 1400. The first-order valence-electron chi connectivity index (χ1n) is 13.1. The van der Waals surface area contributed by atoms with Crippen molar-refractivity contribution < 1.29 is 20.4 Å². The van der Waals surface area contributed by atoms with E-state index in [-0.39, 0.29) is 20.4 Å². The Morgan fingerprint density at radius 2 is 0.512 bits per heavy atom. The van der Waals surface area contributed by atoms with Gasteiger partial charge in [0.1, 0.15) is 0 Å². The molecule has 208 valence electrons. The van der Waals surface area contributed by atoms with Crippen LogP contribution >= 0.6 is 35.7 Å². The van der Waals surface area contributed by atoms with Gasteiger partial charge in [-0.05, 0) is 23.8 Å². The minimum Gasteiger partial charge on any atom is -0.0622 e. The van der Waals surface area contributed by atoms with Gasteiger partial charge in [0, 0.05) is 20.4 Å². The van der Waals surface area contributed by atoms with Crippen LogP contribution in [0.5, 0.6) is 0 Å². The molecule has 0 N–H and O–H groups in total. The molecule has 0 aliphatic carbocycles. The molecule has 0 radical (unpaired) electrons. The maximum Gasteiger partial charge on any atom is 0 e. The van der Waals surface area contributed by atoms with E-state index in [9.17, 15) is 0 Å². The third-order valence-electron chi connectivity index (χ3n) is 6.67. The van der Waals surface area contributed by atoms with Gasteiger partial charge in [-0.2, -0.15) is 0 Å². The van der Waals surface area contributed by atoms with Gasteiger partial charge in [-0.1, -0.05) is 91.0 Å². The number of benzene rings is 6. The second-order valence-electron chi connectivity index (χ2n) is 9.26. The molecule has 0 bridgehead atoms. The molecule has 0 fully saturated rings. The Morgan fingerprint density at radius 1 is 0.317 bits per heavy atom. The average molecular weight is 702 g/mol. The molecular weight excluding hydrogens is 672 g/mol. The van der Waals surface area contributed by atoms with E-state index in [2.05, 4.69) is 91.0 Å². The van der Waals surface area contributed by atoms with Gasteiger partial charge in [-0.25, -0.2) is 0 Å². The zero-order valence-corrected chi connectivity index (χ0v) is 27.1. The molecule has 0 atom stereocenters. The van der Waals surface area contributed by atoms with Gasteiger partial charge >= 0.3 is 135 Å². The summed E-state index contributed by atoms with van der Waals surface area (Å²) in [6.45, 7) is 0. The number of rotatable bonds is 6. The molecule has 0 unspecified atom stereocenters. The molecule has 0 spiro atoms. The van der Waals surface area contributed by atoms with E-state index in [0.29, 0.717) is 0 Å². The summed E-state index contributed by atoms with van der Waals surface area (Å²) in [6, 6.07) is 62.2. The second kappa shape index (κ2) is 14.5. The third kappa shape index (κ3) is 7.08. The fourth-order valence-corrected chi connectivity index (χ4v) is 12.0. The number of halogens is 2. The van der Waals surface area contributed by atoms with E-state index in [1.54, 1.807) is 0 Å². The fraction of sp³-hybridized carbons (Fsp3) is 0. The summed E-state index contributed by atoms with van der Waals surface area (Å²) in [5.41, 5.74) is 0. The Balaban J connectivity index is 0.000000185. The number of hydrogen-bond acceptors (Lipinski definition) is 0. The standard InChI is InChI=1S/C18H15Cl2P.C18H15P.Pd/c19-21(20,16-10-4-1-5-11-16,17-12-6-2-7-13-17)18-14-8-3-9-15-18;1-4-10-16(11-5-1)19(17-12-6-2-7-13-17)18-14-8-3-9-15-18;/h1-15H;1-15H;. The van der Waals surface area contributed by atoms with Crippen LogP contribution in [0.1, 0.15) is 0 Å². The second-order valence-corrected chi connectivity index (χ2v) is 19.4. The quantitative estimate of drug-likeness (QED) is 0.121. The smallest absolute Gasteiger partial charge is 0 e. The van der Waals surface area contributed by atoms with Crippen LogP contribution in [0.15, 0.2) is 182 Å². The Labute approximate surface area is 268 Å². The van der Waals surface area contributed by atoms with Gasteiger partial charge in [0.25, 0.3) is 0 Å². The Hall–Kier alpha value is -2.58. The van der Waals surface area contributed by atoms with E-state index >= 15 is 0 Å². The molecule has 0 aliphatic rings. The molecule has 0 aliphatic heterocycles. The van der Waals surface area contributed by atoms with Crippen molar-refractivity contribution in [2.75, 3.05) is 0 Å². The van der Waals surface area contributed by atoms with Crippen LogP contribution in [-0.4, -0.2) is 0 Å². The summed E-state index contributed by atoms with van der Waals surface area (Å²) in [7, 11) is -0.446. The Morgan fingerprint density at radius 3 is 0.732 bits per heavy atom. The van der Waals surface area contributed by atoms with Crippen molar-refractivity contribution in [3.63, 3.8) is 0 Å². The molecule has 6 aromatic rings. The first-order chi connectivity index (χ1) is 19.6. The maximum atomic E-state index is 7.27. The van der Waals surface area contributed by atoms with Gasteiger partial charge < -0.3 is 0 Å². The predicted molar refractivity (Wildman–Crippen MR) is 182 cm³/mol. The molecule has 6 rings (SSSR count). The van der Waals surface area contributed by atoms with Crippen LogP contribution in [0.4, 0.5) is 0 Å². The van der Waals surface area contributed by atoms with Crippen molar-refractivity contribution in [2.24, 2.45) is 0 Å². The number of hydrogen-bond donors (Lipinski definition) is 0. The van der Waals surface area contributed by atoms with Crippen molar-refractivity contribution in [1.29, 1.82) is 0 Å². The molecule has 6 aromatic carbocycles. The monoisotopic (exact) mass is 700 g/mol. The molecule has 0 nitrogen and oxygen atoms in total. The van der Waals surface area contributed by atoms with Crippen molar-refractivity contribution in [1.82, 2.24) is 0 Å². The first-order valence-corrected chi connectivity index (χ1v) is 18.5. The van der Waals surface area contributed by atoms with Gasteiger partial charge in [-0.3, -0.25) is 0 Å². The topological polar surface area (TPSA) is 0 Å². The molecule has 0 heterocycles. The van der Waals surface area contributed by atoms with Gasteiger partial charge in [-0.15, -0.1) is 0 Å². The fourth-order valence-electron chi connectivity index (χ4n) is 4.69. The van der Waals surface area contributed by atoms with E-state index in [4.69, 9.17) is 22.5 Å². The van der Waals surface area contributed by atoms with Crippen LogP contribution in [0.25, 0.3) is 0 Å². The molecule has 0 amide bonds. The molecule has 5 heteroatoms. The normalized spacial score (nSPS) is 11.7. The molecular formula is C36H30Cl2P2Pd. The van der Waals surface area contributed by atoms with E-state index in [1.807, 2.05) is 91.0 Å². The summed E-state index contributed by atoms with van der Waals surface area (Å²) in [5.74, 6) is 0. The van der Waals surface area contributed by atoms with E-state index in [1.165, 1.54) is 15.9 Å². The van der Waals surface area contributed by atoms with E-state index < -0.39 is 13.2 Å². The summed E-state index contributed by atoms with van der Waals surface area (Å²) in [4.78, 5) is 0. The van der Waals surface area contributed by atoms with Crippen LogP contribution < -0.4 is 31.8 Å². The molecule has 41 heavy (non-hydrogen) atoms. The summed E-state index contributed by atoms with van der Waals surface area (Å²) < 4.78 is 0. The largest absolute Gasteiger partial charge is 0.0622 e. The third-order valence-corrected chi connectivity index (χ3v) is 16.2. The summed E-state index contributed by atoms with van der Waals surface area (Å²) in [6.07, 6.45) is 0. The summed E-state index contributed by atoms with van der Waals surface area (Å²) >= 11 is 14.5. The average Bonchev–Trinajstić information content (AvgIpc) is 3.04. The van der Waals surface area contributed by atoms with Gasteiger partial charge in [0.2, 0.25) is 0 Å².